The van der Waals surface area contributed by atoms with Gasteiger partial charge in [0.2, 0.25) is 6.79 Å². The van der Waals surface area contributed by atoms with E-state index in [2.05, 4.69) is 10.3 Å². The van der Waals surface area contributed by atoms with Gasteiger partial charge in [-0.1, -0.05) is 12.1 Å². The smallest absolute Gasteiger partial charge is 0.321 e. The molecule has 0 saturated heterocycles. The van der Waals surface area contributed by atoms with Crippen LogP contribution in [0.3, 0.4) is 0 Å². The molecule has 0 fully saturated rings. The van der Waals surface area contributed by atoms with Crippen LogP contribution in [0.2, 0.25) is 0 Å². The third kappa shape index (κ3) is 4.78. The standard InChI is InChI=1S/C21H21N3O4S/c1-14-22-10-18(29-14)11-24(2)21(25)23-16-5-3-4-15(8-16)12-26-17-6-7-19-20(9-17)28-13-27-19/h3-10H,11-13H2,1-2H3,(H,23,25). The van der Waals surface area contributed by atoms with E-state index in [9.17, 15) is 4.79 Å². The zero-order valence-corrected chi connectivity index (χ0v) is 17.0. The molecule has 1 aromatic heterocycles. The second-order valence-corrected chi connectivity index (χ2v) is 7.96. The highest BCUT2D eigenvalue weighted by Crippen LogP contribution is 2.35. The Hall–Kier alpha value is -3.26. The molecule has 0 unspecified atom stereocenters. The summed E-state index contributed by atoms with van der Waals surface area (Å²) >= 11 is 1.59. The minimum absolute atomic E-state index is 0.176. The number of ether oxygens (including phenoxy) is 3. The number of nitrogens with zero attached hydrogens (tertiary/aromatic N) is 2. The molecule has 0 atom stereocenters. The molecule has 2 amide bonds. The van der Waals surface area contributed by atoms with E-state index in [4.69, 9.17) is 14.2 Å². The van der Waals surface area contributed by atoms with Crippen LogP contribution in [0.5, 0.6) is 17.2 Å². The second-order valence-electron chi connectivity index (χ2n) is 6.64. The van der Waals surface area contributed by atoms with Crippen LogP contribution in [-0.4, -0.2) is 29.8 Å². The van der Waals surface area contributed by atoms with Crippen LogP contribution >= 0.6 is 11.3 Å². The third-order valence-corrected chi connectivity index (χ3v) is 5.23. The minimum Gasteiger partial charge on any atom is -0.489 e. The molecule has 7 nitrogen and oxygen atoms in total. The first-order valence-corrected chi connectivity index (χ1v) is 9.93. The van der Waals surface area contributed by atoms with Crippen molar-refractivity contribution in [2.24, 2.45) is 0 Å². The molecule has 1 aliphatic rings. The largest absolute Gasteiger partial charge is 0.489 e. The normalized spacial score (nSPS) is 11.9. The Morgan fingerprint density at radius 2 is 2.10 bits per heavy atom. The molecule has 0 bridgehead atoms. The SMILES string of the molecule is Cc1ncc(CN(C)C(=O)Nc2cccc(COc3ccc4c(c3)OCO4)c2)s1. The highest BCUT2D eigenvalue weighted by Gasteiger charge is 2.14. The van der Waals surface area contributed by atoms with Crippen LogP contribution in [0.4, 0.5) is 10.5 Å². The fourth-order valence-corrected chi connectivity index (χ4v) is 3.72. The summed E-state index contributed by atoms with van der Waals surface area (Å²) in [6.07, 6.45) is 1.80. The number of aryl methyl sites for hydroxylation is 1. The summed E-state index contributed by atoms with van der Waals surface area (Å²) in [7, 11) is 1.76. The summed E-state index contributed by atoms with van der Waals surface area (Å²) in [5.74, 6) is 2.10. The van der Waals surface area contributed by atoms with E-state index in [0.717, 1.165) is 21.2 Å². The Kier molecular flexibility index (Phi) is 5.53. The van der Waals surface area contributed by atoms with Gasteiger partial charge in [0.25, 0.3) is 0 Å². The second kappa shape index (κ2) is 8.40. The Morgan fingerprint density at radius 1 is 1.24 bits per heavy atom. The lowest BCUT2D eigenvalue weighted by Gasteiger charge is -2.17. The maximum atomic E-state index is 12.5. The van der Waals surface area contributed by atoms with E-state index in [1.165, 1.54) is 0 Å². The summed E-state index contributed by atoms with van der Waals surface area (Å²) in [6, 6.07) is 12.9. The summed E-state index contributed by atoms with van der Waals surface area (Å²) in [5.41, 5.74) is 1.66. The maximum Gasteiger partial charge on any atom is 0.321 e. The molecule has 0 radical (unpaired) electrons. The monoisotopic (exact) mass is 411 g/mol. The van der Waals surface area contributed by atoms with Crippen LogP contribution in [0.15, 0.2) is 48.7 Å². The molecular formula is C21H21N3O4S. The van der Waals surface area contributed by atoms with Gasteiger partial charge >= 0.3 is 6.03 Å². The summed E-state index contributed by atoms with van der Waals surface area (Å²) in [6.45, 7) is 3.08. The maximum absolute atomic E-state index is 12.5. The number of fused-ring (bicyclic) bond motifs is 1. The molecule has 2 heterocycles. The van der Waals surface area contributed by atoms with Crippen molar-refractivity contribution in [3.63, 3.8) is 0 Å². The molecule has 0 aliphatic carbocycles. The number of urea groups is 1. The van der Waals surface area contributed by atoms with Gasteiger partial charge < -0.3 is 24.4 Å². The molecule has 8 heteroatoms. The predicted molar refractivity (Wildman–Crippen MR) is 111 cm³/mol. The van der Waals surface area contributed by atoms with Gasteiger partial charge in [0.05, 0.1) is 11.6 Å². The number of hydrogen-bond donors (Lipinski definition) is 1. The van der Waals surface area contributed by atoms with Gasteiger partial charge in [-0.3, -0.25) is 0 Å². The molecule has 4 rings (SSSR count). The number of aromatic nitrogens is 1. The number of rotatable bonds is 6. The number of hydrogen-bond acceptors (Lipinski definition) is 6. The minimum atomic E-state index is -0.176. The van der Waals surface area contributed by atoms with Crippen molar-refractivity contribution >= 4 is 23.1 Å². The van der Waals surface area contributed by atoms with Gasteiger partial charge in [-0.25, -0.2) is 9.78 Å². The number of anilines is 1. The van der Waals surface area contributed by atoms with E-state index >= 15 is 0 Å². The lowest BCUT2D eigenvalue weighted by molar-refractivity contribution is 0.173. The van der Waals surface area contributed by atoms with Crippen molar-refractivity contribution in [1.82, 2.24) is 9.88 Å². The summed E-state index contributed by atoms with van der Waals surface area (Å²) in [4.78, 5) is 19.4. The fourth-order valence-electron chi connectivity index (χ4n) is 2.88. The van der Waals surface area contributed by atoms with Gasteiger partial charge in [-0.05, 0) is 36.8 Å². The molecule has 2 aromatic carbocycles. The molecule has 3 aromatic rings. The summed E-state index contributed by atoms with van der Waals surface area (Å²) < 4.78 is 16.5. The van der Waals surface area contributed by atoms with Crippen molar-refractivity contribution in [3.8, 4) is 17.2 Å². The fraction of sp³-hybridized carbons (Fsp3) is 0.238. The average molecular weight is 411 g/mol. The zero-order chi connectivity index (χ0) is 20.2. The van der Waals surface area contributed by atoms with Crippen LogP contribution < -0.4 is 19.5 Å². The van der Waals surface area contributed by atoms with Crippen molar-refractivity contribution in [2.45, 2.75) is 20.1 Å². The highest BCUT2D eigenvalue weighted by atomic mass is 32.1. The first kappa shape index (κ1) is 19.1. The van der Waals surface area contributed by atoms with E-state index < -0.39 is 0 Å². The number of nitrogens with one attached hydrogen (secondary N) is 1. The molecule has 29 heavy (non-hydrogen) atoms. The first-order valence-electron chi connectivity index (χ1n) is 9.11. The van der Waals surface area contributed by atoms with Gasteiger partial charge in [0.1, 0.15) is 12.4 Å². The van der Waals surface area contributed by atoms with E-state index in [1.54, 1.807) is 29.5 Å². The molecule has 150 valence electrons. The lowest BCUT2D eigenvalue weighted by atomic mass is 10.2. The first-order chi connectivity index (χ1) is 14.1. The molecular weight excluding hydrogens is 390 g/mol. The van der Waals surface area contributed by atoms with Gasteiger partial charge in [-0.15, -0.1) is 11.3 Å². The van der Waals surface area contributed by atoms with E-state index in [1.807, 2.05) is 49.4 Å². The van der Waals surface area contributed by atoms with Crippen LogP contribution in [-0.2, 0) is 13.2 Å². The topological polar surface area (TPSA) is 72.9 Å². The van der Waals surface area contributed by atoms with E-state index in [0.29, 0.717) is 30.3 Å². The molecule has 0 saturated carbocycles. The van der Waals surface area contributed by atoms with Crippen molar-refractivity contribution in [2.75, 3.05) is 19.2 Å². The van der Waals surface area contributed by atoms with Gasteiger partial charge in [0.15, 0.2) is 11.5 Å². The van der Waals surface area contributed by atoms with Gasteiger partial charge in [-0.2, -0.15) is 0 Å². The lowest BCUT2D eigenvalue weighted by Crippen LogP contribution is -2.30. The van der Waals surface area contributed by atoms with E-state index in [-0.39, 0.29) is 12.8 Å². The van der Waals surface area contributed by atoms with Crippen molar-refractivity contribution < 1.29 is 19.0 Å². The molecule has 1 N–H and O–H groups in total. The zero-order valence-electron chi connectivity index (χ0n) is 16.2. The van der Waals surface area contributed by atoms with Crippen LogP contribution in [0.25, 0.3) is 0 Å². The average Bonchev–Trinajstić information content (AvgIpc) is 3.34. The summed E-state index contributed by atoms with van der Waals surface area (Å²) in [5, 5.41) is 3.91. The Bertz CT molecular complexity index is 1020. The van der Waals surface area contributed by atoms with Crippen LogP contribution in [0.1, 0.15) is 15.4 Å². The Morgan fingerprint density at radius 3 is 2.93 bits per heavy atom. The Labute approximate surface area is 172 Å². The molecule has 0 spiro atoms. The number of thiazole rings is 1. The number of benzene rings is 2. The Balaban J connectivity index is 1.33. The van der Waals surface area contributed by atoms with Crippen LogP contribution in [0, 0.1) is 6.92 Å². The van der Waals surface area contributed by atoms with Crippen molar-refractivity contribution in [3.05, 3.63) is 64.1 Å². The number of carbonyl (C=O) groups is 1. The number of carbonyl (C=O) groups excluding carboxylic acids is 1. The number of amides is 2. The quantitative estimate of drug-likeness (QED) is 0.650. The highest BCUT2D eigenvalue weighted by molar-refractivity contribution is 7.11. The third-order valence-electron chi connectivity index (χ3n) is 4.34. The van der Waals surface area contributed by atoms with Crippen molar-refractivity contribution in [1.29, 1.82) is 0 Å². The van der Waals surface area contributed by atoms with Gasteiger partial charge in [0, 0.05) is 29.9 Å². The molecule has 1 aliphatic heterocycles. The predicted octanol–water partition coefficient (Wildman–Crippen LogP) is 4.42.